The first kappa shape index (κ1) is 26.2. The maximum Gasteiger partial charge on any atom is 0.301 e. The van der Waals surface area contributed by atoms with Gasteiger partial charge in [0.15, 0.2) is 16.6 Å². The number of methoxy groups -OCH3 is 1. The molecule has 1 aromatic heterocycles. The molecule has 0 aliphatic carbocycles. The van der Waals surface area contributed by atoms with E-state index in [9.17, 15) is 14.7 Å². The summed E-state index contributed by atoms with van der Waals surface area (Å²) in [6.07, 6.45) is 0. The summed E-state index contributed by atoms with van der Waals surface area (Å²) < 4.78 is 17.7. The van der Waals surface area contributed by atoms with Gasteiger partial charge in [-0.2, -0.15) is 0 Å². The van der Waals surface area contributed by atoms with Crippen molar-refractivity contribution in [2.45, 2.75) is 26.8 Å². The van der Waals surface area contributed by atoms with Crippen LogP contribution in [0.4, 0.5) is 5.13 Å². The molecule has 0 radical (unpaired) electrons. The second kappa shape index (κ2) is 10.8. The van der Waals surface area contributed by atoms with Crippen LogP contribution in [0.15, 0.2) is 66.2 Å². The van der Waals surface area contributed by atoms with E-state index in [4.69, 9.17) is 14.2 Å². The molecule has 1 aliphatic rings. The Bertz CT molecular complexity index is 1610. The predicted molar refractivity (Wildman–Crippen MR) is 151 cm³/mol. The maximum atomic E-state index is 13.6. The Morgan fingerprint density at radius 1 is 1.00 bits per heavy atom. The molecule has 39 heavy (non-hydrogen) atoms. The van der Waals surface area contributed by atoms with Gasteiger partial charge in [0, 0.05) is 5.56 Å². The second-order valence-corrected chi connectivity index (χ2v) is 9.95. The van der Waals surface area contributed by atoms with E-state index in [0.717, 1.165) is 15.8 Å². The number of ketones is 1. The molecular formula is C30H28N2O6S. The monoisotopic (exact) mass is 544 g/mol. The summed E-state index contributed by atoms with van der Waals surface area (Å²) in [5.74, 6) is -0.364. The normalized spacial score (nSPS) is 16.6. The van der Waals surface area contributed by atoms with E-state index in [1.807, 2.05) is 39.0 Å². The molecular weight excluding hydrogens is 516 g/mol. The smallest absolute Gasteiger partial charge is 0.301 e. The number of nitrogens with zero attached hydrogens (tertiary/aromatic N) is 2. The highest BCUT2D eigenvalue weighted by atomic mass is 32.1. The molecule has 1 unspecified atom stereocenters. The molecule has 1 atom stereocenters. The molecule has 0 saturated carbocycles. The topological polar surface area (TPSA) is 98.2 Å². The fourth-order valence-corrected chi connectivity index (χ4v) is 5.74. The quantitative estimate of drug-likeness (QED) is 0.164. The lowest BCUT2D eigenvalue weighted by Crippen LogP contribution is -2.29. The van der Waals surface area contributed by atoms with Gasteiger partial charge in [0.25, 0.3) is 5.78 Å². The van der Waals surface area contributed by atoms with E-state index < -0.39 is 17.7 Å². The number of carbonyl (C=O) groups is 2. The van der Waals surface area contributed by atoms with Gasteiger partial charge in [0.1, 0.15) is 11.5 Å². The van der Waals surface area contributed by atoms with Crippen LogP contribution >= 0.6 is 11.3 Å². The third-order valence-corrected chi connectivity index (χ3v) is 7.42. The van der Waals surface area contributed by atoms with Crippen molar-refractivity contribution in [3.63, 3.8) is 0 Å². The van der Waals surface area contributed by atoms with Crippen molar-refractivity contribution in [2.24, 2.45) is 0 Å². The van der Waals surface area contributed by atoms with E-state index in [1.54, 1.807) is 42.5 Å². The number of rotatable bonds is 8. The van der Waals surface area contributed by atoms with Crippen LogP contribution in [0.3, 0.4) is 0 Å². The van der Waals surface area contributed by atoms with E-state index in [1.165, 1.54) is 23.3 Å². The minimum absolute atomic E-state index is 0.0460. The largest absolute Gasteiger partial charge is 0.507 e. The number of anilines is 1. The van der Waals surface area contributed by atoms with Crippen LogP contribution in [-0.4, -0.2) is 42.1 Å². The Hall–Kier alpha value is -4.37. The van der Waals surface area contributed by atoms with Crippen molar-refractivity contribution in [3.05, 3.63) is 82.9 Å². The highest BCUT2D eigenvalue weighted by Crippen LogP contribution is 2.46. The number of amides is 1. The lowest BCUT2D eigenvalue weighted by molar-refractivity contribution is -0.132. The number of carbonyl (C=O) groups excluding carboxylic acids is 2. The van der Waals surface area contributed by atoms with Crippen LogP contribution < -0.4 is 19.1 Å². The number of aliphatic hydroxyl groups is 1. The van der Waals surface area contributed by atoms with Crippen molar-refractivity contribution >= 4 is 44.1 Å². The zero-order valence-corrected chi connectivity index (χ0v) is 22.9. The summed E-state index contributed by atoms with van der Waals surface area (Å²) in [5.41, 5.74) is 2.65. The van der Waals surface area contributed by atoms with Gasteiger partial charge < -0.3 is 19.3 Å². The van der Waals surface area contributed by atoms with Crippen molar-refractivity contribution in [1.29, 1.82) is 0 Å². The second-order valence-electron chi connectivity index (χ2n) is 8.94. The van der Waals surface area contributed by atoms with Gasteiger partial charge in [-0.1, -0.05) is 35.6 Å². The fourth-order valence-electron chi connectivity index (χ4n) is 4.65. The first-order valence-electron chi connectivity index (χ1n) is 12.6. The Morgan fingerprint density at radius 3 is 2.54 bits per heavy atom. The molecule has 1 aliphatic heterocycles. The van der Waals surface area contributed by atoms with E-state index in [2.05, 4.69) is 4.98 Å². The summed E-state index contributed by atoms with van der Waals surface area (Å²) in [6.45, 7) is 6.59. The van der Waals surface area contributed by atoms with E-state index >= 15 is 0 Å². The molecule has 1 fully saturated rings. The number of ether oxygens (including phenoxy) is 3. The van der Waals surface area contributed by atoms with Crippen molar-refractivity contribution in [2.75, 3.05) is 25.2 Å². The van der Waals surface area contributed by atoms with E-state index in [0.29, 0.717) is 46.7 Å². The first-order chi connectivity index (χ1) is 18.9. The zero-order chi connectivity index (χ0) is 27.7. The van der Waals surface area contributed by atoms with Gasteiger partial charge in [-0.05, 0) is 68.3 Å². The lowest BCUT2D eigenvalue weighted by Gasteiger charge is -2.24. The number of hydrogen-bond donors (Lipinski definition) is 1. The summed E-state index contributed by atoms with van der Waals surface area (Å²) in [5, 5.41) is 11.8. The van der Waals surface area contributed by atoms with Gasteiger partial charge in [-0.25, -0.2) is 4.98 Å². The third kappa shape index (κ3) is 4.81. The number of aliphatic hydroxyl groups excluding tert-OH is 1. The molecule has 0 bridgehead atoms. The first-order valence-corrected chi connectivity index (χ1v) is 13.4. The average molecular weight is 545 g/mol. The minimum Gasteiger partial charge on any atom is -0.507 e. The number of thiazole rings is 1. The fraction of sp³-hybridized carbons (Fsp3) is 0.233. The summed E-state index contributed by atoms with van der Waals surface area (Å²) >= 11 is 1.31. The van der Waals surface area contributed by atoms with Crippen LogP contribution in [0.25, 0.3) is 16.0 Å². The number of hydrogen-bond acceptors (Lipinski definition) is 8. The van der Waals surface area contributed by atoms with Crippen LogP contribution in [0.2, 0.25) is 0 Å². The average Bonchev–Trinajstić information content (AvgIpc) is 3.46. The number of fused-ring (bicyclic) bond motifs is 1. The molecule has 5 rings (SSSR count). The highest BCUT2D eigenvalue weighted by Gasteiger charge is 2.48. The van der Waals surface area contributed by atoms with Crippen molar-refractivity contribution in [1.82, 2.24) is 4.98 Å². The number of Topliss-reactive ketones (excluding diaryl/α,β-unsaturated/α-hetero) is 1. The van der Waals surface area contributed by atoms with Gasteiger partial charge in [-0.15, -0.1) is 0 Å². The number of aryl methyl sites for hydroxylation is 1. The Balaban J connectivity index is 1.72. The standard InChI is InChI=1S/C30H28N2O6S/c1-5-37-20-9-7-8-19(15-20)27(33)25-26(18-11-13-22(38-6-2)23(16-18)36-4)32(29(35)28(25)34)30-31-21-12-10-17(3)14-24(21)39-30/h7-16,26,33H,5-6H2,1-4H3/b27-25+. The zero-order valence-electron chi connectivity index (χ0n) is 22.1. The predicted octanol–water partition coefficient (Wildman–Crippen LogP) is 6.04. The Kier molecular flexibility index (Phi) is 7.26. The number of benzene rings is 3. The van der Waals surface area contributed by atoms with Crippen LogP contribution in [0.1, 0.15) is 36.6 Å². The van der Waals surface area contributed by atoms with Gasteiger partial charge in [0.05, 0.1) is 42.2 Å². The molecule has 200 valence electrons. The summed E-state index contributed by atoms with van der Waals surface area (Å²) in [6, 6.07) is 16.9. The molecule has 3 aromatic carbocycles. The molecule has 9 heteroatoms. The summed E-state index contributed by atoms with van der Waals surface area (Å²) in [4.78, 5) is 33.2. The van der Waals surface area contributed by atoms with Crippen LogP contribution in [0.5, 0.6) is 17.2 Å². The van der Waals surface area contributed by atoms with Crippen molar-refractivity contribution < 1.29 is 28.9 Å². The highest BCUT2D eigenvalue weighted by molar-refractivity contribution is 7.22. The minimum atomic E-state index is -0.952. The molecule has 8 nitrogen and oxygen atoms in total. The van der Waals surface area contributed by atoms with Gasteiger partial charge >= 0.3 is 5.91 Å². The maximum absolute atomic E-state index is 13.6. The van der Waals surface area contributed by atoms with Crippen molar-refractivity contribution in [3.8, 4) is 17.2 Å². The number of aromatic nitrogens is 1. The van der Waals surface area contributed by atoms with Gasteiger partial charge in [0.2, 0.25) is 0 Å². The molecule has 0 spiro atoms. The molecule has 2 heterocycles. The Labute approximate surface area is 230 Å². The van der Waals surface area contributed by atoms with E-state index in [-0.39, 0.29) is 11.3 Å². The molecule has 4 aromatic rings. The molecule has 1 saturated heterocycles. The SMILES string of the molecule is CCOc1cccc(/C(O)=C2\C(=O)C(=O)N(c3nc4ccc(C)cc4s3)C2c2ccc(OCC)c(OC)c2)c1. The third-order valence-electron chi connectivity index (χ3n) is 6.40. The summed E-state index contributed by atoms with van der Waals surface area (Å²) in [7, 11) is 1.52. The molecule has 1 N–H and O–H groups in total. The van der Waals surface area contributed by atoms with Crippen LogP contribution in [0, 0.1) is 6.92 Å². The Morgan fingerprint density at radius 2 is 1.79 bits per heavy atom. The lowest BCUT2D eigenvalue weighted by atomic mass is 9.95. The van der Waals surface area contributed by atoms with Gasteiger partial charge in [-0.3, -0.25) is 14.5 Å². The van der Waals surface area contributed by atoms with Crippen LogP contribution in [-0.2, 0) is 9.59 Å². The molecule has 1 amide bonds.